The van der Waals surface area contributed by atoms with Gasteiger partial charge in [0.25, 0.3) is 5.91 Å². The van der Waals surface area contributed by atoms with Crippen LogP contribution in [0.3, 0.4) is 0 Å². The number of aliphatic hydroxyl groups excluding tert-OH is 2. The number of aromatic nitrogens is 2. The largest absolute Gasteiger partial charge is 0.485 e. The molecule has 38 heavy (non-hydrogen) atoms. The van der Waals surface area contributed by atoms with Crippen LogP contribution < -0.4 is 15.4 Å². The summed E-state index contributed by atoms with van der Waals surface area (Å²) >= 11 is 0. The maximum atomic E-state index is 12.7. The highest BCUT2D eigenvalue weighted by atomic mass is 16.5. The Labute approximate surface area is 222 Å². The molecule has 1 aliphatic carbocycles. The van der Waals surface area contributed by atoms with Gasteiger partial charge in [0.2, 0.25) is 0 Å². The van der Waals surface area contributed by atoms with Gasteiger partial charge < -0.3 is 30.0 Å². The normalized spacial score (nSPS) is 19.8. The number of anilines is 1. The lowest BCUT2D eigenvalue weighted by Gasteiger charge is -2.34. The van der Waals surface area contributed by atoms with Crippen LogP contribution in [-0.4, -0.2) is 69.4 Å². The van der Waals surface area contributed by atoms with Gasteiger partial charge in [-0.05, 0) is 67.0 Å². The van der Waals surface area contributed by atoms with Crippen molar-refractivity contribution in [2.75, 3.05) is 31.6 Å². The van der Waals surface area contributed by atoms with E-state index in [0.717, 1.165) is 43.7 Å². The third kappa shape index (κ3) is 6.32. The molecule has 4 N–H and O–H groups in total. The maximum absolute atomic E-state index is 12.7. The molecule has 10 heteroatoms. The minimum absolute atomic E-state index is 0.168. The molecule has 2 aliphatic rings. The molecular formula is C28H35N5O5. The number of hydrogen-bond acceptors (Lipinski definition) is 9. The van der Waals surface area contributed by atoms with E-state index in [9.17, 15) is 15.0 Å². The smallest absolute Gasteiger partial charge is 0.251 e. The number of benzene rings is 1. The fourth-order valence-corrected chi connectivity index (χ4v) is 5.19. The Balaban J connectivity index is 1.08. The highest BCUT2D eigenvalue weighted by Gasteiger charge is 2.28. The van der Waals surface area contributed by atoms with Crippen molar-refractivity contribution in [3.8, 4) is 5.75 Å². The Morgan fingerprint density at radius 3 is 2.97 bits per heavy atom. The zero-order valence-corrected chi connectivity index (χ0v) is 21.6. The molecule has 0 spiro atoms. The quantitative estimate of drug-likeness (QED) is 0.300. The van der Waals surface area contributed by atoms with Crippen LogP contribution in [0.5, 0.6) is 5.75 Å². The number of pyridine rings is 1. The number of amides is 1. The second-order valence-corrected chi connectivity index (χ2v) is 10.2. The zero-order valence-electron chi connectivity index (χ0n) is 21.6. The van der Waals surface area contributed by atoms with E-state index in [-0.39, 0.29) is 25.1 Å². The Morgan fingerprint density at radius 2 is 2.18 bits per heavy atom. The van der Waals surface area contributed by atoms with Gasteiger partial charge in [0, 0.05) is 50.6 Å². The summed E-state index contributed by atoms with van der Waals surface area (Å²) < 4.78 is 11.2. The van der Waals surface area contributed by atoms with Gasteiger partial charge in [-0.3, -0.25) is 9.69 Å². The first kappa shape index (κ1) is 26.1. The average molecular weight is 522 g/mol. The molecule has 1 amide bonds. The standard InChI is InChI=1S/C28H35N5O5/c1-18-25-5-7-33(13-21(25)2-3-26(18)37-16-24-12-29-17-38-24)14-23(35)11-31-28(36)20-4-6-30-27(10-20)32-22-8-19(9-22)15-34/h2-4,6,10,12,17,19,22-23,34-35H,5,7-9,11,13-16H2,1H3,(H,30,32)(H,31,36). The molecule has 2 aromatic heterocycles. The zero-order chi connectivity index (χ0) is 26.5. The van der Waals surface area contributed by atoms with Crippen LogP contribution in [0.2, 0.25) is 0 Å². The third-order valence-corrected chi connectivity index (χ3v) is 7.41. The SMILES string of the molecule is Cc1c(OCc2cnco2)ccc2c1CCN(CC(O)CNC(=O)c1ccnc(NC3CC(CO)C3)c1)C2. The Hall–Kier alpha value is -3.47. The predicted octanol–water partition coefficient (Wildman–Crippen LogP) is 2.29. The van der Waals surface area contributed by atoms with Crippen LogP contribution in [0.1, 0.15) is 45.7 Å². The van der Waals surface area contributed by atoms with E-state index in [1.807, 2.05) is 6.07 Å². The van der Waals surface area contributed by atoms with Crippen LogP contribution in [0, 0.1) is 12.8 Å². The number of nitrogens with zero attached hydrogens (tertiary/aromatic N) is 3. The molecule has 1 aliphatic heterocycles. The van der Waals surface area contributed by atoms with Crippen molar-refractivity contribution in [2.45, 2.75) is 51.5 Å². The van der Waals surface area contributed by atoms with Gasteiger partial charge >= 0.3 is 0 Å². The Morgan fingerprint density at radius 1 is 1.32 bits per heavy atom. The summed E-state index contributed by atoms with van der Waals surface area (Å²) in [6, 6.07) is 7.73. The first-order valence-electron chi connectivity index (χ1n) is 13.1. The van der Waals surface area contributed by atoms with E-state index >= 15 is 0 Å². The predicted molar refractivity (Wildman–Crippen MR) is 141 cm³/mol. The van der Waals surface area contributed by atoms with Crippen molar-refractivity contribution < 1.29 is 24.2 Å². The van der Waals surface area contributed by atoms with Crippen molar-refractivity contribution in [1.29, 1.82) is 0 Å². The summed E-state index contributed by atoms with van der Waals surface area (Å²) in [5.41, 5.74) is 4.14. The lowest BCUT2D eigenvalue weighted by Crippen LogP contribution is -2.42. The molecule has 1 saturated carbocycles. The number of fused-ring (bicyclic) bond motifs is 1. The van der Waals surface area contributed by atoms with Gasteiger partial charge in [-0.25, -0.2) is 9.97 Å². The molecule has 3 aromatic rings. The lowest BCUT2D eigenvalue weighted by atomic mass is 9.81. The summed E-state index contributed by atoms with van der Waals surface area (Å²) in [6.07, 6.45) is 6.64. The van der Waals surface area contributed by atoms with E-state index < -0.39 is 6.10 Å². The number of ether oxygens (including phenoxy) is 1. The molecule has 0 bridgehead atoms. The summed E-state index contributed by atoms with van der Waals surface area (Å²) in [6.45, 7) is 4.82. The number of rotatable bonds is 11. The van der Waals surface area contributed by atoms with Crippen molar-refractivity contribution >= 4 is 11.7 Å². The Bertz CT molecular complexity index is 1230. The number of β-amino-alcohol motifs (C(OH)–C–C–N with tert-alkyl or cyclic N) is 1. The van der Waals surface area contributed by atoms with E-state index in [1.54, 1.807) is 24.5 Å². The molecule has 1 fully saturated rings. The van der Waals surface area contributed by atoms with Crippen LogP contribution in [0.15, 0.2) is 47.5 Å². The lowest BCUT2D eigenvalue weighted by molar-refractivity contribution is 0.0841. The molecule has 1 aromatic carbocycles. The average Bonchev–Trinajstić information content (AvgIpc) is 3.42. The highest BCUT2D eigenvalue weighted by Crippen LogP contribution is 2.30. The van der Waals surface area contributed by atoms with Gasteiger partial charge in [-0.1, -0.05) is 6.07 Å². The van der Waals surface area contributed by atoms with E-state index in [0.29, 0.717) is 36.2 Å². The molecule has 1 unspecified atom stereocenters. The highest BCUT2D eigenvalue weighted by molar-refractivity contribution is 5.94. The number of nitrogens with one attached hydrogen (secondary N) is 2. The van der Waals surface area contributed by atoms with Crippen LogP contribution in [0.25, 0.3) is 0 Å². The Kier molecular flexibility index (Phi) is 8.21. The van der Waals surface area contributed by atoms with Gasteiger partial charge in [-0.15, -0.1) is 0 Å². The third-order valence-electron chi connectivity index (χ3n) is 7.41. The molecule has 10 nitrogen and oxygen atoms in total. The summed E-state index contributed by atoms with van der Waals surface area (Å²) in [7, 11) is 0. The van der Waals surface area contributed by atoms with Gasteiger partial charge in [-0.2, -0.15) is 0 Å². The number of hydrogen-bond donors (Lipinski definition) is 4. The van der Waals surface area contributed by atoms with Crippen LogP contribution in [-0.2, 0) is 19.6 Å². The van der Waals surface area contributed by atoms with Crippen molar-refractivity contribution in [3.05, 3.63) is 71.1 Å². The molecule has 0 saturated heterocycles. The molecule has 202 valence electrons. The minimum Gasteiger partial charge on any atom is -0.485 e. The number of carbonyl (C=O) groups is 1. The van der Waals surface area contributed by atoms with Gasteiger partial charge in [0.15, 0.2) is 12.2 Å². The molecule has 1 atom stereocenters. The first-order chi connectivity index (χ1) is 18.5. The van der Waals surface area contributed by atoms with E-state index in [1.165, 1.54) is 17.5 Å². The second-order valence-electron chi connectivity index (χ2n) is 10.2. The summed E-state index contributed by atoms with van der Waals surface area (Å²) in [5, 5.41) is 26.0. The van der Waals surface area contributed by atoms with Crippen molar-refractivity contribution in [1.82, 2.24) is 20.2 Å². The van der Waals surface area contributed by atoms with Crippen molar-refractivity contribution in [2.24, 2.45) is 5.92 Å². The second kappa shape index (κ2) is 11.9. The van der Waals surface area contributed by atoms with Gasteiger partial charge in [0.05, 0.1) is 12.3 Å². The molecular weight excluding hydrogens is 486 g/mol. The monoisotopic (exact) mass is 521 g/mol. The number of carbonyl (C=O) groups excluding carboxylic acids is 1. The minimum atomic E-state index is -0.684. The van der Waals surface area contributed by atoms with Crippen LogP contribution >= 0.6 is 0 Å². The fourth-order valence-electron chi connectivity index (χ4n) is 5.19. The number of oxazole rings is 1. The van der Waals surface area contributed by atoms with E-state index in [2.05, 4.69) is 38.5 Å². The topological polar surface area (TPSA) is 133 Å². The molecule has 3 heterocycles. The maximum Gasteiger partial charge on any atom is 0.251 e. The number of aliphatic hydroxyl groups is 2. The first-order valence-corrected chi connectivity index (χ1v) is 13.1. The van der Waals surface area contributed by atoms with E-state index in [4.69, 9.17) is 9.15 Å². The molecule has 0 radical (unpaired) electrons. The van der Waals surface area contributed by atoms with Gasteiger partial charge in [0.1, 0.15) is 18.2 Å². The van der Waals surface area contributed by atoms with Crippen molar-refractivity contribution in [3.63, 3.8) is 0 Å². The molecule has 5 rings (SSSR count). The van der Waals surface area contributed by atoms with Crippen LogP contribution in [0.4, 0.5) is 5.82 Å². The summed E-state index contributed by atoms with van der Waals surface area (Å²) in [5.74, 6) is 2.27. The summed E-state index contributed by atoms with van der Waals surface area (Å²) in [4.78, 5) is 23.1. The fraction of sp³-hybridized carbons (Fsp3) is 0.464.